The van der Waals surface area contributed by atoms with Gasteiger partial charge in [-0.2, -0.15) is 0 Å². The summed E-state index contributed by atoms with van der Waals surface area (Å²) >= 11 is 0. The summed E-state index contributed by atoms with van der Waals surface area (Å²) in [6.07, 6.45) is 1.95. The van der Waals surface area contributed by atoms with Gasteiger partial charge in [0.05, 0.1) is 6.61 Å². The summed E-state index contributed by atoms with van der Waals surface area (Å²) in [5.41, 5.74) is 2.89. The van der Waals surface area contributed by atoms with Crippen LogP contribution in [0.5, 0.6) is 11.5 Å². The number of aliphatic hydroxyl groups is 1. The number of aromatic hydroxyl groups is 2. The molecule has 2 atom stereocenters. The first-order valence-corrected chi connectivity index (χ1v) is 7.82. The largest absolute Gasteiger partial charge is 0.508 e. The fourth-order valence-corrected chi connectivity index (χ4v) is 3.19. The van der Waals surface area contributed by atoms with E-state index in [4.69, 9.17) is 0 Å². The minimum absolute atomic E-state index is 0.138. The monoisotopic (exact) mass is 300 g/mol. The molecule has 2 aromatic rings. The van der Waals surface area contributed by atoms with Gasteiger partial charge in [0.2, 0.25) is 0 Å². The Hall–Kier alpha value is -2.00. The minimum Gasteiger partial charge on any atom is -0.508 e. The molecule has 0 spiro atoms. The van der Waals surface area contributed by atoms with Gasteiger partial charge in [0.1, 0.15) is 11.5 Å². The van der Waals surface area contributed by atoms with Crippen LogP contribution < -0.4 is 0 Å². The van der Waals surface area contributed by atoms with Crippen molar-refractivity contribution in [1.29, 1.82) is 0 Å². The van der Waals surface area contributed by atoms with Crippen molar-refractivity contribution in [3.05, 3.63) is 59.2 Å². The Labute approximate surface area is 131 Å². The minimum atomic E-state index is -0.161. The molecule has 0 aliphatic heterocycles. The molecule has 0 radical (unpaired) electrons. The maximum atomic E-state index is 9.75. The van der Waals surface area contributed by atoms with E-state index < -0.39 is 0 Å². The summed E-state index contributed by atoms with van der Waals surface area (Å²) in [6, 6.07) is 12.9. The van der Waals surface area contributed by atoms with Crippen LogP contribution in [0.1, 0.15) is 55.2 Å². The van der Waals surface area contributed by atoms with Gasteiger partial charge in [-0.15, -0.1) is 0 Å². The quantitative estimate of drug-likeness (QED) is 0.746. The number of phenolic OH excluding ortho intramolecular Hbond substituents is 1. The number of hydrogen-bond donors (Lipinski definition) is 3. The van der Waals surface area contributed by atoms with E-state index in [1.165, 1.54) is 5.56 Å². The predicted molar refractivity (Wildman–Crippen MR) is 88.2 cm³/mol. The lowest BCUT2D eigenvalue weighted by atomic mass is 9.78. The molecule has 0 amide bonds. The Morgan fingerprint density at radius 3 is 1.91 bits per heavy atom. The van der Waals surface area contributed by atoms with Gasteiger partial charge in [0, 0.05) is 5.56 Å². The first-order valence-electron chi connectivity index (χ1n) is 7.82. The second kappa shape index (κ2) is 7.32. The summed E-state index contributed by atoms with van der Waals surface area (Å²) in [6.45, 7) is 4.15. The zero-order valence-electron chi connectivity index (χ0n) is 13.2. The van der Waals surface area contributed by atoms with Gasteiger partial charge >= 0.3 is 0 Å². The Morgan fingerprint density at radius 2 is 1.36 bits per heavy atom. The van der Waals surface area contributed by atoms with Crippen LogP contribution in [0.25, 0.3) is 0 Å². The van der Waals surface area contributed by atoms with E-state index in [2.05, 4.69) is 13.8 Å². The third kappa shape index (κ3) is 3.42. The normalized spacial score (nSPS) is 13.8. The van der Waals surface area contributed by atoms with Crippen LogP contribution in [0, 0.1) is 0 Å². The zero-order valence-corrected chi connectivity index (χ0v) is 13.2. The molecule has 0 saturated carbocycles. The standard InChI is InChI=1S/C19H24O3/c1-3-17(13-5-8-16(21)9-6-13)18(4-2)14-7-10-19(22)15(11-14)12-20/h5-11,17-18,20-22H,3-4,12H2,1-2H3. The summed E-state index contributed by atoms with van der Waals surface area (Å²) in [5, 5.41) is 28.6. The molecule has 3 nitrogen and oxygen atoms in total. The summed E-state index contributed by atoms with van der Waals surface area (Å²) < 4.78 is 0. The molecule has 0 fully saturated rings. The molecule has 0 saturated heterocycles. The molecule has 22 heavy (non-hydrogen) atoms. The number of aliphatic hydroxyl groups excluding tert-OH is 1. The van der Waals surface area contributed by atoms with E-state index >= 15 is 0 Å². The molecule has 3 heteroatoms. The van der Waals surface area contributed by atoms with Gasteiger partial charge in [0.15, 0.2) is 0 Å². The molecule has 2 aromatic carbocycles. The molecule has 0 aliphatic rings. The molecular weight excluding hydrogens is 276 g/mol. The molecule has 0 aliphatic carbocycles. The molecule has 3 N–H and O–H groups in total. The van der Waals surface area contributed by atoms with Crippen molar-refractivity contribution >= 4 is 0 Å². The first kappa shape index (κ1) is 16.4. The average molecular weight is 300 g/mol. The maximum Gasteiger partial charge on any atom is 0.121 e. The predicted octanol–water partition coefficient (Wildman–Crippen LogP) is 4.28. The Balaban J connectivity index is 2.38. The lowest BCUT2D eigenvalue weighted by Gasteiger charge is -2.27. The zero-order chi connectivity index (χ0) is 16.1. The van der Waals surface area contributed by atoms with Crippen molar-refractivity contribution in [2.24, 2.45) is 0 Å². The molecular formula is C19H24O3. The van der Waals surface area contributed by atoms with Gasteiger partial charge in [-0.3, -0.25) is 0 Å². The third-order valence-electron chi connectivity index (χ3n) is 4.39. The van der Waals surface area contributed by atoms with E-state index in [0.717, 1.165) is 18.4 Å². The van der Waals surface area contributed by atoms with E-state index in [-0.39, 0.29) is 18.1 Å². The molecule has 118 valence electrons. The van der Waals surface area contributed by atoms with Crippen molar-refractivity contribution in [1.82, 2.24) is 0 Å². The van der Waals surface area contributed by atoms with Crippen LogP contribution in [0.3, 0.4) is 0 Å². The third-order valence-corrected chi connectivity index (χ3v) is 4.39. The average Bonchev–Trinajstić information content (AvgIpc) is 2.54. The SMILES string of the molecule is CCC(c1ccc(O)cc1)C(CC)c1ccc(O)c(CO)c1. The van der Waals surface area contributed by atoms with Gasteiger partial charge in [-0.25, -0.2) is 0 Å². The second-order valence-corrected chi connectivity index (χ2v) is 5.67. The summed E-state index contributed by atoms with van der Waals surface area (Å²) in [7, 11) is 0. The van der Waals surface area contributed by atoms with Crippen molar-refractivity contribution in [3.8, 4) is 11.5 Å². The van der Waals surface area contributed by atoms with Crippen molar-refractivity contribution in [3.63, 3.8) is 0 Å². The highest BCUT2D eigenvalue weighted by Crippen LogP contribution is 2.39. The van der Waals surface area contributed by atoms with E-state index in [1.807, 2.05) is 24.3 Å². The van der Waals surface area contributed by atoms with Gasteiger partial charge in [-0.1, -0.05) is 32.0 Å². The number of phenols is 2. The van der Waals surface area contributed by atoms with Crippen LogP contribution in [0.15, 0.2) is 42.5 Å². The van der Waals surface area contributed by atoms with Crippen LogP contribution in [0.4, 0.5) is 0 Å². The molecule has 0 heterocycles. The van der Waals surface area contributed by atoms with Gasteiger partial charge < -0.3 is 15.3 Å². The van der Waals surface area contributed by atoms with E-state index in [1.54, 1.807) is 18.2 Å². The topological polar surface area (TPSA) is 60.7 Å². The number of hydrogen-bond acceptors (Lipinski definition) is 3. The van der Waals surface area contributed by atoms with Crippen molar-refractivity contribution in [2.45, 2.75) is 45.1 Å². The fourth-order valence-electron chi connectivity index (χ4n) is 3.19. The number of rotatable bonds is 6. The Morgan fingerprint density at radius 1 is 0.818 bits per heavy atom. The van der Waals surface area contributed by atoms with E-state index in [9.17, 15) is 15.3 Å². The Bertz CT molecular complexity index is 605. The summed E-state index contributed by atoms with van der Waals surface area (Å²) in [4.78, 5) is 0. The maximum absolute atomic E-state index is 9.75. The highest BCUT2D eigenvalue weighted by Gasteiger charge is 2.22. The highest BCUT2D eigenvalue weighted by molar-refractivity contribution is 5.39. The van der Waals surface area contributed by atoms with Gasteiger partial charge in [0.25, 0.3) is 0 Å². The molecule has 2 unspecified atom stereocenters. The van der Waals surface area contributed by atoms with Crippen molar-refractivity contribution in [2.75, 3.05) is 0 Å². The Kier molecular flexibility index (Phi) is 5.45. The van der Waals surface area contributed by atoms with Crippen LogP contribution in [0.2, 0.25) is 0 Å². The smallest absolute Gasteiger partial charge is 0.121 e. The first-order chi connectivity index (χ1) is 10.6. The fraction of sp³-hybridized carbons (Fsp3) is 0.368. The molecule has 2 rings (SSSR count). The lowest BCUT2D eigenvalue weighted by molar-refractivity contribution is 0.275. The van der Waals surface area contributed by atoms with Crippen LogP contribution in [-0.4, -0.2) is 15.3 Å². The lowest BCUT2D eigenvalue weighted by Crippen LogP contribution is -2.10. The molecule has 0 bridgehead atoms. The summed E-state index contributed by atoms with van der Waals surface area (Å²) in [5.74, 6) is 1.06. The van der Waals surface area contributed by atoms with Gasteiger partial charge in [-0.05, 0) is 60.1 Å². The number of benzene rings is 2. The van der Waals surface area contributed by atoms with Crippen molar-refractivity contribution < 1.29 is 15.3 Å². The van der Waals surface area contributed by atoms with Crippen LogP contribution >= 0.6 is 0 Å². The van der Waals surface area contributed by atoms with E-state index in [0.29, 0.717) is 17.4 Å². The highest BCUT2D eigenvalue weighted by atomic mass is 16.3. The second-order valence-electron chi connectivity index (χ2n) is 5.67. The van der Waals surface area contributed by atoms with Crippen LogP contribution in [-0.2, 0) is 6.61 Å². The molecule has 0 aromatic heterocycles.